The van der Waals surface area contributed by atoms with Crippen LogP contribution in [0.4, 0.5) is 0 Å². The van der Waals surface area contributed by atoms with Crippen molar-refractivity contribution in [2.75, 3.05) is 0 Å². The van der Waals surface area contributed by atoms with E-state index in [1.165, 1.54) is 0 Å². The minimum Gasteiger partial charge on any atom is -0.503 e. The predicted octanol–water partition coefficient (Wildman–Crippen LogP) is 8.14. The van der Waals surface area contributed by atoms with Gasteiger partial charge in [-0.3, -0.25) is 4.98 Å². The molecule has 4 aromatic heterocycles. The summed E-state index contributed by atoms with van der Waals surface area (Å²) in [4.78, 5) is 9.53. The molecular weight excluding hydrogens is 675 g/mol. The molecule has 0 aliphatic rings. The van der Waals surface area contributed by atoms with Crippen LogP contribution in [-0.2, 0) is 21.1 Å². The summed E-state index contributed by atoms with van der Waals surface area (Å²) >= 11 is 0. The van der Waals surface area contributed by atoms with Crippen LogP contribution in [0.25, 0.3) is 54.9 Å². The first kappa shape index (κ1) is 24.6. The maximum Gasteiger partial charge on any atom is 2.00 e. The fourth-order valence-corrected chi connectivity index (χ4v) is 5.68. The summed E-state index contributed by atoms with van der Waals surface area (Å²) in [5.41, 5.74) is 6.16. The Hall–Kier alpha value is -4.47. The minimum absolute atomic E-state index is 0. The van der Waals surface area contributed by atoms with Crippen LogP contribution in [0.3, 0.4) is 0 Å². The van der Waals surface area contributed by atoms with Crippen molar-refractivity contribution in [3.8, 4) is 17.3 Å². The molecular formula is C34H22N4OPt. The number of fused-ring (bicyclic) bond motifs is 9. The van der Waals surface area contributed by atoms with E-state index in [0.717, 1.165) is 66.3 Å². The zero-order valence-electron chi connectivity index (χ0n) is 21.8. The quantitative estimate of drug-likeness (QED) is 0.138. The standard InChI is InChI=1S/C34H22N4O.Pt/c1-21-22(2)37-30-11-5-3-9-26(30)25-16-14-23(19-29(25)34(37)36-21)39-24-15-17-28-27-10-4-6-12-31(27)38(32(28)20-24)33-13-7-8-18-35-33;/h3-18H,1-2H3;/q-2;+2. The van der Waals surface area contributed by atoms with E-state index < -0.39 is 0 Å². The molecule has 0 spiro atoms. The van der Waals surface area contributed by atoms with Gasteiger partial charge in [-0.2, -0.15) is 6.07 Å². The van der Waals surface area contributed by atoms with Gasteiger partial charge in [0.05, 0.1) is 5.65 Å². The number of para-hydroxylation sites is 2. The molecule has 0 unspecified atom stereocenters. The van der Waals surface area contributed by atoms with Crippen molar-refractivity contribution in [1.82, 2.24) is 18.9 Å². The van der Waals surface area contributed by atoms with Crippen LogP contribution >= 0.6 is 0 Å². The van der Waals surface area contributed by atoms with Crippen LogP contribution in [0.15, 0.2) is 97.2 Å². The van der Waals surface area contributed by atoms with E-state index in [1.807, 2.05) is 49.5 Å². The maximum absolute atomic E-state index is 6.40. The molecule has 5 nitrogen and oxygen atoms in total. The van der Waals surface area contributed by atoms with E-state index in [9.17, 15) is 0 Å². The van der Waals surface area contributed by atoms with Gasteiger partial charge in [0, 0.05) is 40.1 Å². The number of ether oxygens (including phenoxy) is 1. The third-order valence-electron chi connectivity index (χ3n) is 7.58. The molecule has 0 saturated heterocycles. The minimum atomic E-state index is 0. The third-order valence-corrected chi connectivity index (χ3v) is 7.58. The van der Waals surface area contributed by atoms with Crippen molar-refractivity contribution < 1.29 is 25.8 Å². The number of imidazole rings is 1. The van der Waals surface area contributed by atoms with Crippen LogP contribution in [0.1, 0.15) is 11.4 Å². The van der Waals surface area contributed by atoms with Gasteiger partial charge in [-0.1, -0.05) is 64.8 Å². The summed E-state index contributed by atoms with van der Waals surface area (Å²) in [7, 11) is 0. The van der Waals surface area contributed by atoms with Crippen molar-refractivity contribution in [3.63, 3.8) is 0 Å². The Labute approximate surface area is 244 Å². The molecule has 0 saturated carbocycles. The first-order valence-electron chi connectivity index (χ1n) is 12.9. The summed E-state index contributed by atoms with van der Waals surface area (Å²) < 4.78 is 10.7. The molecule has 0 bridgehead atoms. The molecule has 8 rings (SSSR count). The molecule has 194 valence electrons. The van der Waals surface area contributed by atoms with Crippen LogP contribution < -0.4 is 4.74 Å². The van der Waals surface area contributed by atoms with Crippen LogP contribution in [0.2, 0.25) is 0 Å². The van der Waals surface area contributed by atoms with Crippen molar-refractivity contribution in [3.05, 3.63) is 121 Å². The van der Waals surface area contributed by atoms with Gasteiger partial charge in [0.1, 0.15) is 5.82 Å². The predicted molar refractivity (Wildman–Crippen MR) is 156 cm³/mol. The van der Waals surface area contributed by atoms with Gasteiger partial charge in [-0.15, -0.1) is 29.7 Å². The molecule has 4 heterocycles. The normalized spacial score (nSPS) is 11.6. The second-order valence-corrected chi connectivity index (χ2v) is 9.80. The van der Waals surface area contributed by atoms with E-state index in [4.69, 9.17) is 9.72 Å². The average molecular weight is 698 g/mol. The molecule has 8 aromatic rings. The number of hydrogen-bond acceptors (Lipinski definition) is 3. The molecule has 0 radical (unpaired) electrons. The Morgan fingerprint density at radius 2 is 1.35 bits per heavy atom. The number of hydrogen-bond donors (Lipinski definition) is 0. The smallest absolute Gasteiger partial charge is 0.503 e. The van der Waals surface area contributed by atoms with Crippen LogP contribution in [0, 0.1) is 26.0 Å². The molecule has 0 amide bonds. The second-order valence-electron chi connectivity index (χ2n) is 9.80. The van der Waals surface area contributed by atoms with Crippen molar-refractivity contribution in [2.24, 2.45) is 0 Å². The first-order chi connectivity index (χ1) is 19.2. The van der Waals surface area contributed by atoms with Gasteiger partial charge >= 0.3 is 21.1 Å². The molecule has 40 heavy (non-hydrogen) atoms. The van der Waals surface area contributed by atoms with Crippen molar-refractivity contribution >= 4 is 49.1 Å². The Balaban J connectivity index is 0.00000264. The third kappa shape index (κ3) is 3.58. The Kier molecular flexibility index (Phi) is 5.72. The van der Waals surface area contributed by atoms with E-state index >= 15 is 0 Å². The molecule has 0 aliphatic carbocycles. The first-order valence-corrected chi connectivity index (χ1v) is 12.9. The van der Waals surface area contributed by atoms with Gasteiger partial charge in [0.25, 0.3) is 0 Å². The Bertz CT molecular complexity index is 2230. The number of nitrogens with zero attached hydrogens (tertiary/aromatic N) is 4. The molecule has 4 aromatic carbocycles. The number of pyridine rings is 2. The fraction of sp³-hybridized carbons (Fsp3) is 0.0588. The maximum atomic E-state index is 6.40. The number of rotatable bonds is 3. The van der Waals surface area contributed by atoms with Crippen molar-refractivity contribution in [2.45, 2.75) is 13.8 Å². The van der Waals surface area contributed by atoms with Gasteiger partial charge in [-0.25, -0.2) is 4.98 Å². The van der Waals surface area contributed by atoms with Crippen LogP contribution in [0.5, 0.6) is 11.5 Å². The largest absolute Gasteiger partial charge is 2.00 e. The summed E-state index contributed by atoms with van der Waals surface area (Å²) in [6.07, 6.45) is 1.81. The molecule has 0 fully saturated rings. The van der Waals surface area contributed by atoms with Crippen LogP contribution in [-0.4, -0.2) is 18.9 Å². The average Bonchev–Trinajstić information content (AvgIpc) is 3.47. The Morgan fingerprint density at radius 1 is 0.675 bits per heavy atom. The number of aryl methyl sites for hydroxylation is 2. The number of benzene rings is 4. The zero-order valence-corrected chi connectivity index (χ0v) is 24.0. The summed E-state index contributed by atoms with van der Waals surface area (Å²) in [5, 5.41) is 5.45. The van der Waals surface area contributed by atoms with Gasteiger partial charge in [-0.05, 0) is 48.9 Å². The molecule has 6 heteroatoms. The second kappa shape index (κ2) is 9.32. The van der Waals surface area contributed by atoms with Crippen molar-refractivity contribution in [1.29, 1.82) is 0 Å². The van der Waals surface area contributed by atoms with Gasteiger partial charge < -0.3 is 13.7 Å². The van der Waals surface area contributed by atoms with E-state index in [2.05, 4.69) is 87.6 Å². The summed E-state index contributed by atoms with van der Waals surface area (Å²) in [5.74, 6) is 2.08. The zero-order chi connectivity index (χ0) is 26.1. The fourth-order valence-electron chi connectivity index (χ4n) is 5.68. The SMILES string of the molecule is Cc1nc2c3[c-]c(Oc4[c-]c5c(cc4)c4ccccc4n5-c4ccccn4)ccc3c3ccccc3n2c1C.[Pt+2]. The molecule has 0 atom stereocenters. The van der Waals surface area contributed by atoms with E-state index in [1.54, 1.807) is 0 Å². The monoisotopic (exact) mass is 697 g/mol. The summed E-state index contributed by atoms with van der Waals surface area (Å²) in [6, 6.07) is 37.9. The number of aromatic nitrogens is 4. The van der Waals surface area contributed by atoms with Gasteiger partial charge in [0.15, 0.2) is 0 Å². The summed E-state index contributed by atoms with van der Waals surface area (Å²) in [6.45, 7) is 4.16. The van der Waals surface area contributed by atoms with E-state index in [-0.39, 0.29) is 21.1 Å². The Morgan fingerprint density at radius 3 is 2.12 bits per heavy atom. The van der Waals surface area contributed by atoms with E-state index in [0.29, 0.717) is 11.5 Å². The topological polar surface area (TPSA) is 44.3 Å². The molecule has 0 aliphatic heterocycles. The molecule has 0 N–H and O–H groups in total. The van der Waals surface area contributed by atoms with Gasteiger partial charge in [0.2, 0.25) is 0 Å².